The van der Waals surface area contributed by atoms with E-state index in [9.17, 15) is 4.79 Å². The molecule has 1 amide bonds. The van der Waals surface area contributed by atoms with E-state index < -0.39 is 0 Å². The van der Waals surface area contributed by atoms with E-state index in [-0.39, 0.29) is 5.92 Å². The van der Waals surface area contributed by atoms with Gasteiger partial charge in [0.15, 0.2) is 5.84 Å². The number of amides is 1. The van der Waals surface area contributed by atoms with E-state index in [1.807, 2.05) is 11.0 Å². The second-order valence-electron chi connectivity index (χ2n) is 7.56. The van der Waals surface area contributed by atoms with Crippen molar-refractivity contribution >= 4 is 34.4 Å². The van der Waals surface area contributed by atoms with Crippen LogP contribution in [0.15, 0.2) is 38.8 Å². The first-order chi connectivity index (χ1) is 14.1. The molecule has 1 aromatic rings. The minimum absolute atomic E-state index is 0.116. The van der Waals surface area contributed by atoms with Crippen LogP contribution in [0.3, 0.4) is 0 Å². The number of nitrogens with two attached hydrogens (primary N) is 1. The van der Waals surface area contributed by atoms with Gasteiger partial charge in [-0.2, -0.15) is 0 Å². The van der Waals surface area contributed by atoms with Crippen molar-refractivity contribution in [3.63, 3.8) is 0 Å². The van der Waals surface area contributed by atoms with Crippen LogP contribution in [-0.2, 0) is 11.3 Å². The quantitative estimate of drug-likeness (QED) is 0.287. The lowest BCUT2D eigenvalue weighted by molar-refractivity contribution is -0.138. The van der Waals surface area contributed by atoms with Crippen LogP contribution in [0.4, 0.5) is 0 Å². The van der Waals surface area contributed by atoms with Crippen LogP contribution in [0.1, 0.15) is 18.4 Å². The predicted molar refractivity (Wildman–Crippen MR) is 119 cm³/mol. The fourth-order valence-electron chi connectivity index (χ4n) is 3.99. The third kappa shape index (κ3) is 6.08. The van der Waals surface area contributed by atoms with Gasteiger partial charge in [0.1, 0.15) is 0 Å². The molecule has 2 aliphatic heterocycles. The smallest absolute Gasteiger partial charge is 0.225 e. The molecule has 0 spiro atoms. The van der Waals surface area contributed by atoms with E-state index >= 15 is 0 Å². The van der Waals surface area contributed by atoms with Crippen molar-refractivity contribution in [2.75, 3.05) is 45.8 Å². The van der Waals surface area contributed by atoms with E-state index in [0.29, 0.717) is 18.3 Å². The van der Waals surface area contributed by atoms with Crippen LogP contribution < -0.4 is 11.4 Å². The Morgan fingerprint density at radius 3 is 2.45 bits per heavy atom. The lowest BCUT2D eigenvalue weighted by atomic mass is 9.95. The summed E-state index contributed by atoms with van der Waals surface area (Å²) in [5.74, 6) is 6.21. The first kappa shape index (κ1) is 21.9. The van der Waals surface area contributed by atoms with Crippen molar-refractivity contribution in [3.8, 4) is 0 Å². The highest BCUT2D eigenvalue weighted by molar-refractivity contribution is 9.10. The fourth-order valence-corrected chi connectivity index (χ4v) is 4.40. The number of likely N-dealkylation sites (tertiary alicyclic amines) is 1. The second-order valence-corrected chi connectivity index (χ2v) is 8.41. The van der Waals surface area contributed by atoms with Crippen molar-refractivity contribution in [2.24, 2.45) is 21.9 Å². The molecule has 8 nitrogen and oxygen atoms in total. The van der Waals surface area contributed by atoms with Crippen molar-refractivity contribution in [2.45, 2.75) is 19.4 Å². The lowest BCUT2D eigenvalue weighted by Crippen LogP contribution is -2.51. The molecular formula is C20H30BrN7O. The number of aliphatic imine (C=N–C) groups is 1. The highest BCUT2D eigenvalue weighted by Gasteiger charge is 2.30. The zero-order valence-electron chi connectivity index (χ0n) is 16.8. The molecule has 0 radical (unpaired) electrons. The third-order valence-electron chi connectivity index (χ3n) is 5.71. The summed E-state index contributed by atoms with van der Waals surface area (Å²) >= 11 is 3.62. The van der Waals surface area contributed by atoms with Gasteiger partial charge in [-0.25, -0.2) is 16.4 Å². The molecule has 2 saturated heterocycles. The molecule has 2 aliphatic rings. The molecule has 2 heterocycles. The van der Waals surface area contributed by atoms with Crippen molar-refractivity contribution < 1.29 is 4.79 Å². The molecule has 0 bridgehead atoms. The molecule has 9 heteroatoms. The Bertz CT molecular complexity index is 725. The Hall–Kier alpha value is -1.81. The number of hydrazine groups is 1. The standard InChI is InChI=1S/C20H30BrN7O/c1-23-19(24-25-22)15-26-8-6-16(7-9-26)20(29)28-12-10-27(11-13-28)14-17-4-2-3-5-18(17)21/h2-5,16,25H,1,6-15,22H2/b24-19-. The summed E-state index contributed by atoms with van der Waals surface area (Å²) in [4.78, 5) is 23.5. The Labute approximate surface area is 180 Å². The number of rotatable bonds is 6. The van der Waals surface area contributed by atoms with Crippen molar-refractivity contribution in [1.29, 1.82) is 0 Å². The van der Waals surface area contributed by atoms with Crippen LogP contribution in [0, 0.1) is 5.92 Å². The molecule has 0 aliphatic carbocycles. The van der Waals surface area contributed by atoms with Crippen LogP contribution in [0.2, 0.25) is 0 Å². The summed E-state index contributed by atoms with van der Waals surface area (Å²) in [7, 11) is 0. The maximum absolute atomic E-state index is 13.0. The van der Waals surface area contributed by atoms with Gasteiger partial charge in [0, 0.05) is 43.1 Å². The molecule has 0 atom stereocenters. The molecule has 158 valence electrons. The summed E-state index contributed by atoms with van der Waals surface area (Å²) in [6.45, 7) is 10.2. The molecule has 1 aromatic carbocycles. The number of carbonyl (C=O) groups excluding carboxylic acids is 1. The fraction of sp³-hybridized carbons (Fsp3) is 0.550. The predicted octanol–water partition coefficient (Wildman–Crippen LogP) is 1.28. The van der Waals surface area contributed by atoms with Gasteiger partial charge in [-0.15, -0.1) is 5.10 Å². The van der Waals surface area contributed by atoms with Crippen LogP contribution >= 0.6 is 15.9 Å². The van der Waals surface area contributed by atoms with Gasteiger partial charge in [0.05, 0.1) is 6.54 Å². The summed E-state index contributed by atoms with van der Waals surface area (Å²) < 4.78 is 1.15. The highest BCUT2D eigenvalue weighted by Crippen LogP contribution is 2.22. The number of halogens is 1. The summed E-state index contributed by atoms with van der Waals surface area (Å²) in [5, 5.41) is 3.90. The zero-order chi connectivity index (χ0) is 20.6. The Morgan fingerprint density at radius 2 is 1.83 bits per heavy atom. The molecule has 3 rings (SSSR count). The number of amidine groups is 1. The van der Waals surface area contributed by atoms with Gasteiger partial charge in [0.25, 0.3) is 0 Å². The normalized spacial score (nSPS) is 19.9. The first-order valence-electron chi connectivity index (χ1n) is 10.1. The number of hydrogen-bond acceptors (Lipinski definition) is 6. The number of nitrogens with one attached hydrogen (secondary N) is 1. The number of piperidine rings is 1. The average molecular weight is 464 g/mol. The zero-order valence-corrected chi connectivity index (χ0v) is 18.4. The summed E-state index contributed by atoms with van der Waals surface area (Å²) in [5.41, 5.74) is 3.55. The molecule has 29 heavy (non-hydrogen) atoms. The Morgan fingerprint density at radius 1 is 1.14 bits per heavy atom. The van der Waals surface area contributed by atoms with Crippen molar-refractivity contribution in [1.82, 2.24) is 20.2 Å². The van der Waals surface area contributed by atoms with Crippen LogP contribution in [-0.4, -0.2) is 79.0 Å². The third-order valence-corrected chi connectivity index (χ3v) is 6.49. The van der Waals surface area contributed by atoms with E-state index in [1.165, 1.54) is 5.56 Å². The van der Waals surface area contributed by atoms with Gasteiger partial charge < -0.3 is 4.90 Å². The molecular weight excluding hydrogens is 434 g/mol. The molecule has 0 unspecified atom stereocenters. The van der Waals surface area contributed by atoms with Gasteiger partial charge in [-0.1, -0.05) is 34.1 Å². The number of carbonyl (C=O) groups is 1. The lowest BCUT2D eigenvalue weighted by Gasteiger charge is -2.38. The number of nitrogens with zero attached hydrogens (tertiary/aromatic N) is 5. The Kier molecular flexibility index (Phi) is 8.17. The molecule has 3 N–H and O–H groups in total. The SMILES string of the molecule is C=N/C(CN1CCC(C(=O)N2CCN(Cc3ccccc3Br)CC2)CC1)=N\NN. The summed E-state index contributed by atoms with van der Waals surface area (Å²) in [6, 6.07) is 8.33. The Balaban J connectivity index is 1.43. The summed E-state index contributed by atoms with van der Waals surface area (Å²) in [6.07, 6.45) is 1.74. The monoisotopic (exact) mass is 463 g/mol. The molecule has 0 aromatic heterocycles. The minimum Gasteiger partial charge on any atom is -0.340 e. The number of piperazine rings is 1. The number of hydrazone groups is 1. The average Bonchev–Trinajstić information content (AvgIpc) is 2.75. The van der Waals surface area contributed by atoms with E-state index in [2.05, 4.69) is 66.3 Å². The van der Waals surface area contributed by atoms with Gasteiger partial charge in [-0.3, -0.25) is 14.6 Å². The largest absolute Gasteiger partial charge is 0.340 e. The van der Waals surface area contributed by atoms with Gasteiger partial charge >= 0.3 is 0 Å². The van der Waals surface area contributed by atoms with E-state index in [1.54, 1.807) is 0 Å². The van der Waals surface area contributed by atoms with Crippen LogP contribution in [0.25, 0.3) is 0 Å². The second kappa shape index (κ2) is 10.8. The maximum Gasteiger partial charge on any atom is 0.225 e. The maximum atomic E-state index is 13.0. The number of hydrogen-bond donors (Lipinski definition) is 2. The van der Waals surface area contributed by atoms with E-state index in [4.69, 9.17) is 5.84 Å². The van der Waals surface area contributed by atoms with Crippen molar-refractivity contribution in [3.05, 3.63) is 34.3 Å². The van der Waals surface area contributed by atoms with Gasteiger partial charge in [0.2, 0.25) is 5.91 Å². The topological polar surface area (TPSA) is 89.6 Å². The van der Waals surface area contributed by atoms with Gasteiger partial charge in [-0.05, 0) is 44.3 Å². The minimum atomic E-state index is 0.116. The molecule has 2 fully saturated rings. The number of benzene rings is 1. The highest BCUT2D eigenvalue weighted by atomic mass is 79.9. The first-order valence-corrected chi connectivity index (χ1v) is 10.9. The molecule has 0 saturated carbocycles. The van der Waals surface area contributed by atoms with E-state index in [0.717, 1.165) is 63.1 Å². The van der Waals surface area contributed by atoms with Crippen LogP contribution in [0.5, 0.6) is 0 Å².